The lowest BCUT2D eigenvalue weighted by molar-refractivity contribution is 0.0954. The minimum Gasteiger partial charge on any atom is -0.380 e. The fourth-order valence-corrected chi connectivity index (χ4v) is 5.49. The van der Waals surface area contributed by atoms with Crippen LogP contribution in [-0.2, 0) is 19.3 Å². The number of nitrogens with zero attached hydrogens (tertiary/aromatic N) is 2. The van der Waals surface area contributed by atoms with E-state index in [4.69, 9.17) is 4.98 Å². The van der Waals surface area contributed by atoms with Gasteiger partial charge in [-0.15, -0.1) is 0 Å². The molecule has 0 saturated heterocycles. The molecule has 0 atom stereocenters. The molecule has 4 N–H and O–H groups in total. The second-order valence-electron chi connectivity index (χ2n) is 10.6. The molecule has 0 bridgehead atoms. The van der Waals surface area contributed by atoms with E-state index in [1.165, 1.54) is 43.2 Å². The summed E-state index contributed by atoms with van der Waals surface area (Å²) in [6.07, 6.45) is 10.6. The Labute approximate surface area is 231 Å². The van der Waals surface area contributed by atoms with E-state index in [2.05, 4.69) is 64.0 Å². The number of carbonyl (C=O) groups is 1. The van der Waals surface area contributed by atoms with Gasteiger partial charge in [0, 0.05) is 29.4 Å². The van der Waals surface area contributed by atoms with E-state index < -0.39 is 0 Å². The van der Waals surface area contributed by atoms with Gasteiger partial charge >= 0.3 is 0 Å². The lowest BCUT2D eigenvalue weighted by Gasteiger charge is -2.26. The summed E-state index contributed by atoms with van der Waals surface area (Å²) in [6.45, 7) is 6.94. The summed E-state index contributed by atoms with van der Waals surface area (Å²) in [7, 11) is 0. The SMILES string of the molecule is CCc1ccc(CCNC(=O)c2ccc(Nc3nc4nc[nH]c4c(NC4CCCCC4)c3CC)c(C)c2)cc1. The van der Waals surface area contributed by atoms with Crippen molar-refractivity contribution in [2.45, 2.75) is 78.2 Å². The molecule has 1 aliphatic carbocycles. The first-order valence-electron chi connectivity index (χ1n) is 14.4. The number of fused-ring (bicyclic) bond motifs is 1. The van der Waals surface area contributed by atoms with Crippen LogP contribution < -0.4 is 16.0 Å². The number of aromatic amines is 1. The van der Waals surface area contributed by atoms with Crippen molar-refractivity contribution in [3.63, 3.8) is 0 Å². The van der Waals surface area contributed by atoms with Crippen molar-refractivity contribution in [2.24, 2.45) is 0 Å². The molecule has 204 valence electrons. The molecule has 5 rings (SSSR count). The first-order chi connectivity index (χ1) is 19.1. The number of anilines is 3. The number of H-pyrrole nitrogens is 1. The number of aryl methyl sites for hydroxylation is 2. The van der Waals surface area contributed by atoms with Crippen molar-refractivity contribution in [3.8, 4) is 0 Å². The highest BCUT2D eigenvalue weighted by Gasteiger charge is 2.21. The van der Waals surface area contributed by atoms with Crippen LogP contribution in [0.25, 0.3) is 11.2 Å². The summed E-state index contributed by atoms with van der Waals surface area (Å²) >= 11 is 0. The summed E-state index contributed by atoms with van der Waals surface area (Å²) in [5.74, 6) is 0.754. The first kappa shape index (κ1) is 26.7. The molecule has 1 amide bonds. The average Bonchev–Trinajstić information content (AvgIpc) is 3.44. The monoisotopic (exact) mass is 524 g/mol. The van der Waals surface area contributed by atoms with Gasteiger partial charge in [0.15, 0.2) is 5.65 Å². The van der Waals surface area contributed by atoms with E-state index in [0.717, 1.165) is 53.1 Å². The minimum atomic E-state index is -0.0564. The van der Waals surface area contributed by atoms with Crippen LogP contribution in [0.4, 0.5) is 17.2 Å². The normalized spacial score (nSPS) is 13.9. The zero-order chi connectivity index (χ0) is 27.2. The van der Waals surface area contributed by atoms with Crippen LogP contribution in [-0.4, -0.2) is 33.4 Å². The average molecular weight is 525 g/mol. The van der Waals surface area contributed by atoms with Crippen LogP contribution in [0.15, 0.2) is 48.8 Å². The quantitative estimate of drug-likeness (QED) is 0.182. The molecular weight excluding hydrogens is 484 g/mol. The first-order valence-corrected chi connectivity index (χ1v) is 14.4. The molecule has 2 aromatic carbocycles. The molecular formula is C32H40N6O. The molecule has 2 heterocycles. The molecule has 1 fully saturated rings. The van der Waals surface area contributed by atoms with Gasteiger partial charge in [0.2, 0.25) is 0 Å². The van der Waals surface area contributed by atoms with Gasteiger partial charge in [0.25, 0.3) is 5.91 Å². The highest BCUT2D eigenvalue weighted by molar-refractivity contribution is 5.95. The maximum atomic E-state index is 12.8. The second kappa shape index (κ2) is 12.3. The third-order valence-corrected chi connectivity index (χ3v) is 7.85. The maximum Gasteiger partial charge on any atom is 0.251 e. The fourth-order valence-electron chi connectivity index (χ4n) is 5.49. The fraction of sp³-hybridized carbons (Fsp3) is 0.406. The van der Waals surface area contributed by atoms with Crippen LogP contribution >= 0.6 is 0 Å². The van der Waals surface area contributed by atoms with E-state index >= 15 is 0 Å². The molecule has 0 aliphatic heterocycles. The molecule has 1 aliphatic rings. The number of pyridine rings is 1. The van der Waals surface area contributed by atoms with Gasteiger partial charge in [-0.2, -0.15) is 0 Å². The van der Waals surface area contributed by atoms with E-state index in [0.29, 0.717) is 23.8 Å². The Morgan fingerprint density at radius 2 is 1.77 bits per heavy atom. The third-order valence-electron chi connectivity index (χ3n) is 7.85. The Balaban J connectivity index is 1.29. The predicted octanol–water partition coefficient (Wildman–Crippen LogP) is 6.85. The van der Waals surface area contributed by atoms with Crippen LogP contribution in [0.1, 0.15) is 78.6 Å². The van der Waals surface area contributed by atoms with Gasteiger partial charge in [-0.3, -0.25) is 4.79 Å². The topological polar surface area (TPSA) is 94.7 Å². The highest BCUT2D eigenvalue weighted by Crippen LogP contribution is 2.34. The summed E-state index contributed by atoms with van der Waals surface area (Å²) in [5, 5.41) is 10.4. The van der Waals surface area contributed by atoms with E-state index in [-0.39, 0.29) is 5.91 Å². The number of amides is 1. The van der Waals surface area contributed by atoms with Crippen LogP contribution in [0, 0.1) is 6.92 Å². The molecule has 0 radical (unpaired) electrons. The number of benzene rings is 2. The molecule has 39 heavy (non-hydrogen) atoms. The highest BCUT2D eigenvalue weighted by atomic mass is 16.1. The zero-order valence-electron chi connectivity index (χ0n) is 23.4. The molecule has 0 unspecified atom stereocenters. The van der Waals surface area contributed by atoms with Crippen molar-refractivity contribution in [1.82, 2.24) is 20.3 Å². The number of hydrogen-bond donors (Lipinski definition) is 4. The van der Waals surface area contributed by atoms with Crippen molar-refractivity contribution in [1.29, 1.82) is 0 Å². The molecule has 0 spiro atoms. The van der Waals surface area contributed by atoms with Crippen molar-refractivity contribution >= 4 is 34.3 Å². The molecule has 2 aromatic heterocycles. The number of carbonyl (C=O) groups excluding carboxylic acids is 1. The Bertz CT molecular complexity index is 1420. The van der Waals surface area contributed by atoms with Crippen molar-refractivity contribution in [2.75, 3.05) is 17.2 Å². The van der Waals surface area contributed by atoms with E-state index in [1.54, 1.807) is 6.33 Å². The zero-order valence-corrected chi connectivity index (χ0v) is 23.4. The molecule has 7 nitrogen and oxygen atoms in total. The number of nitrogens with one attached hydrogen (secondary N) is 4. The van der Waals surface area contributed by atoms with Crippen LogP contribution in [0.2, 0.25) is 0 Å². The molecule has 7 heteroatoms. The minimum absolute atomic E-state index is 0.0564. The standard InChI is InChI=1S/C32H40N6O/c1-4-22-11-13-23(14-12-22)17-18-33-32(39)24-15-16-27(21(3)19-24)37-30-26(5-2)28(29-31(38-30)35-20-34-29)36-25-9-7-6-8-10-25/h11-16,19-20,25H,4-10,17-18H2,1-3H3,(H,33,39)(H3,34,35,36,37,38). The van der Waals surface area contributed by atoms with Crippen LogP contribution in [0.5, 0.6) is 0 Å². The number of rotatable bonds is 10. The number of hydrogen-bond acceptors (Lipinski definition) is 5. The van der Waals surface area contributed by atoms with Crippen molar-refractivity contribution < 1.29 is 4.79 Å². The Morgan fingerprint density at radius 1 is 1.00 bits per heavy atom. The molecule has 4 aromatic rings. The Hall–Kier alpha value is -3.87. The number of imidazole rings is 1. The summed E-state index contributed by atoms with van der Waals surface area (Å²) < 4.78 is 0. The van der Waals surface area contributed by atoms with Gasteiger partial charge in [-0.25, -0.2) is 9.97 Å². The van der Waals surface area contributed by atoms with Gasteiger partial charge in [-0.05, 0) is 73.9 Å². The van der Waals surface area contributed by atoms with Crippen molar-refractivity contribution in [3.05, 3.63) is 76.6 Å². The van der Waals surface area contributed by atoms with Gasteiger partial charge < -0.3 is 20.9 Å². The lowest BCUT2D eigenvalue weighted by Crippen LogP contribution is -2.25. The smallest absolute Gasteiger partial charge is 0.251 e. The molecule has 1 saturated carbocycles. The number of aromatic nitrogens is 3. The summed E-state index contributed by atoms with van der Waals surface area (Å²) in [4.78, 5) is 25.5. The second-order valence-corrected chi connectivity index (χ2v) is 10.6. The van der Waals surface area contributed by atoms with E-state index in [9.17, 15) is 4.79 Å². The largest absolute Gasteiger partial charge is 0.380 e. The van der Waals surface area contributed by atoms with E-state index in [1.807, 2.05) is 25.1 Å². The lowest BCUT2D eigenvalue weighted by atomic mass is 9.95. The predicted molar refractivity (Wildman–Crippen MR) is 160 cm³/mol. The Kier molecular flexibility index (Phi) is 8.45. The summed E-state index contributed by atoms with van der Waals surface area (Å²) in [6, 6.07) is 14.9. The Morgan fingerprint density at radius 3 is 2.49 bits per heavy atom. The maximum absolute atomic E-state index is 12.8. The third kappa shape index (κ3) is 6.24. The van der Waals surface area contributed by atoms with Gasteiger partial charge in [0.1, 0.15) is 11.3 Å². The van der Waals surface area contributed by atoms with Crippen LogP contribution in [0.3, 0.4) is 0 Å². The van der Waals surface area contributed by atoms with Gasteiger partial charge in [-0.1, -0.05) is 57.4 Å². The summed E-state index contributed by atoms with van der Waals surface area (Å²) in [5.41, 5.74) is 9.05. The van der Waals surface area contributed by atoms with Gasteiger partial charge in [0.05, 0.1) is 12.0 Å².